The van der Waals surface area contributed by atoms with Gasteiger partial charge in [-0.2, -0.15) is 5.10 Å². The number of rotatable bonds is 4. The Morgan fingerprint density at radius 3 is 2.88 bits per heavy atom. The van der Waals surface area contributed by atoms with Gasteiger partial charge in [-0.1, -0.05) is 30.0 Å². The van der Waals surface area contributed by atoms with Crippen LogP contribution in [0.4, 0.5) is 5.69 Å². The van der Waals surface area contributed by atoms with E-state index in [1.807, 2.05) is 37.5 Å². The van der Waals surface area contributed by atoms with E-state index in [4.69, 9.17) is 4.74 Å². The molecule has 1 aliphatic heterocycles. The van der Waals surface area contributed by atoms with Crippen molar-refractivity contribution in [2.45, 2.75) is 0 Å². The van der Waals surface area contributed by atoms with Crippen LogP contribution < -0.4 is 20.2 Å². The molecule has 6 heteroatoms. The average Bonchev–Trinajstić information content (AvgIpc) is 2.94. The predicted molar refractivity (Wildman–Crippen MR) is 89.1 cm³/mol. The van der Waals surface area contributed by atoms with E-state index in [9.17, 15) is 9.90 Å². The number of hydrazone groups is 1. The van der Waals surface area contributed by atoms with Crippen LogP contribution in [-0.4, -0.2) is 26.3 Å². The third-order valence-electron chi connectivity index (χ3n) is 3.81. The summed E-state index contributed by atoms with van der Waals surface area (Å²) in [6, 6.07) is 12.3. The number of para-hydroxylation sites is 1. The van der Waals surface area contributed by atoms with E-state index in [1.54, 1.807) is 12.1 Å². The van der Waals surface area contributed by atoms with E-state index in [-0.39, 0.29) is 17.4 Å². The molecule has 2 aromatic carbocycles. The maximum atomic E-state index is 12.3. The zero-order valence-electron chi connectivity index (χ0n) is 13.4. The molecule has 0 aliphatic carbocycles. The smallest absolute Gasteiger partial charge is 0.277 e. The van der Waals surface area contributed by atoms with Crippen LogP contribution in [0.15, 0.2) is 53.8 Å². The van der Waals surface area contributed by atoms with Gasteiger partial charge in [-0.05, 0) is 17.7 Å². The molecule has 1 aliphatic rings. The van der Waals surface area contributed by atoms with Gasteiger partial charge in [0, 0.05) is 6.07 Å². The van der Waals surface area contributed by atoms with Crippen LogP contribution in [-0.2, 0) is 4.79 Å². The van der Waals surface area contributed by atoms with E-state index in [2.05, 4.69) is 10.5 Å². The minimum atomic E-state index is -0.275. The Balaban J connectivity index is 1.72. The highest BCUT2D eigenvalue weighted by molar-refractivity contribution is 6.21. The van der Waals surface area contributed by atoms with Crippen molar-refractivity contribution in [2.24, 2.45) is 5.10 Å². The van der Waals surface area contributed by atoms with Gasteiger partial charge in [-0.3, -0.25) is 9.69 Å². The van der Waals surface area contributed by atoms with E-state index in [1.165, 1.54) is 19.4 Å². The van der Waals surface area contributed by atoms with Crippen molar-refractivity contribution in [3.8, 4) is 11.5 Å². The van der Waals surface area contributed by atoms with Crippen LogP contribution in [0.5, 0.6) is 11.5 Å². The van der Waals surface area contributed by atoms with Gasteiger partial charge in [0.15, 0.2) is 0 Å². The Bertz CT molecular complexity index is 843. The Morgan fingerprint density at radius 2 is 2.08 bits per heavy atom. The molecule has 1 atom stereocenters. The highest BCUT2D eigenvalue weighted by Crippen LogP contribution is 2.25. The van der Waals surface area contributed by atoms with Crippen molar-refractivity contribution < 1.29 is 19.5 Å². The van der Waals surface area contributed by atoms with Crippen LogP contribution >= 0.6 is 0 Å². The second-order valence-electron chi connectivity index (χ2n) is 5.40. The minimum absolute atomic E-state index is 0.197. The normalized spacial score (nSPS) is 15.9. The molecule has 0 bridgehead atoms. The summed E-state index contributed by atoms with van der Waals surface area (Å²) in [5.41, 5.74) is 5.73. The standard InChI is InChI=1S/C18H17N3O3/c1-21-11-14(13-5-3-4-6-15(13)21)18(23)20-19-10-12-7-8-16(22)17(9-12)24-2/h3-11,22H,1-2H3,(H,20,23). The topological polar surface area (TPSA) is 78.2 Å². The first-order chi connectivity index (χ1) is 11.6. The van der Waals surface area contributed by atoms with Crippen molar-refractivity contribution in [3.63, 3.8) is 0 Å². The average molecular weight is 323 g/mol. The molecule has 0 saturated carbocycles. The number of nitrogens with zero attached hydrogens (tertiary/aromatic N) is 1. The van der Waals surface area contributed by atoms with Gasteiger partial charge in [0.25, 0.3) is 5.91 Å². The lowest BCUT2D eigenvalue weighted by molar-refractivity contribution is -0.747. The SMILES string of the molecule is COc1cc(C=NNC(=O)C2=C[NH+](C)c3ccccc32)ccc1[O-]. The molecule has 24 heavy (non-hydrogen) atoms. The summed E-state index contributed by atoms with van der Waals surface area (Å²) in [7, 11) is 3.40. The fourth-order valence-electron chi connectivity index (χ4n) is 2.61. The molecule has 122 valence electrons. The third-order valence-corrected chi connectivity index (χ3v) is 3.81. The zero-order chi connectivity index (χ0) is 17.1. The van der Waals surface area contributed by atoms with Crippen LogP contribution in [0.2, 0.25) is 0 Å². The molecule has 2 N–H and O–H groups in total. The molecule has 0 fully saturated rings. The largest absolute Gasteiger partial charge is 0.870 e. The number of hydrogen-bond acceptors (Lipinski definition) is 4. The number of quaternary nitrogens is 1. The van der Waals surface area contributed by atoms with Crippen molar-refractivity contribution in [3.05, 3.63) is 59.8 Å². The molecule has 0 aromatic heterocycles. The molecule has 1 amide bonds. The molecule has 2 aromatic rings. The number of fused-ring (bicyclic) bond motifs is 1. The van der Waals surface area contributed by atoms with Gasteiger partial charge < -0.3 is 9.84 Å². The summed E-state index contributed by atoms with van der Waals surface area (Å²) < 4.78 is 4.97. The second kappa shape index (κ2) is 6.55. The van der Waals surface area contributed by atoms with Crippen molar-refractivity contribution in [1.29, 1.82) is 0 Å². The summed E-state index contributed by atoms with van der Waals surface area (Å²) in [6.07, 6.45) is 3.32. The summed E-state index contributed by atoms with van der Waals surface area (Å²) in [4.78, 5) is 13.4. The number of hydrogen-bond donors (Lipinski definition) is 2. The molecule has 6 nitrogen and oxygen atoms in total. The summed E-state index contributed by atoms with van der Waals surface area (Å²) in [6.45, 7) is 0. The predicted octanol–water partition coefficient (Wildman–Crippen LogP) is 0.420. The molecular formula is C18H17N3O3. The number of carbonyl (C=O) groups excluding carboxylic acids is 1. The van der Waals surface area contributed by atoms with Gasteiger partial charge in [-0.25, -0.2) is 5.43 Å². The van der Waals surface area contributed by atoms with Crippen molar-refractivity contribution in [2.75, 3.05) is 14.2 Å². The number of nitrogens with one attached hydrogen (secondary N) is 2. The van der Waals surface area contributed by atoms with Gasteiger partial charge in [0.05, 0.1) is 25.9 Å². The van der Waals surface area contributed by atoms with Crippen molar-refractivity contribution >= 4 is 23.4 Å². The van der Waals surface area contributed by atoms with Gasteiger partial charge in [0.2, 0.25) is 0 Å². The maximum Gasteiger partial charge on any atom is 0.277 e. The van der Waals surface area contributed by atoms with Gasteiger partial charge in [-0.15, -0.1) is 0 Å². The number of amides is 1. The van der Waals surface area contributed by atoms with Crippen LogP contribution in [0.25, 0.3) is 5.57 Å². The molecule has 1 unspecified atom stereocenters. The van der Waals surface area contributed by atoms with Crippen molar-refractivity contribution in [1.82, 2.24) is 5.43 Å². The van der Waals surface area contributed by atoms with Gasteiger partial charge in [0.1, 0.15) is 23.2 Å². The second-order valence-corrected chi connectivity index (χ2v) is 5.40. The Hall–Kier alpha value is -3.12. The lowest BCUT2D eigenvalue weighted by Gasteiger charge is -2.11. The minimum Gasteiger partial charge on any atom is -0.870 e. The zero-order valence-corrected chi connectivity index (χ0v) is 13.4. The third kappa shape index (κ3) is 3.00. The molecule has 1 heterocycles. The molecule has 3 rings (SSSR count). The first-order valence-electron chi connectivity index (χ1n) is 7.43. The Kier molecular flexibility index (Phi) is 4.31. The quantitative estimate of drug-likeness (QED) is 0.632. The van der Waals surface area contributed by atoms with Crippen LogP contribution in [0, 0.1) is 0 Å². The Morgan fingerprint density at radius 1 is 1.29 bits per heavy atom. The lowest BCUT2D eigenvalue weighted by atomic mass is 10.1. The van der Waals surface area contributed by atoms with E-state index >= 15 is 0 Å². The molecular weight excluding hydrogens is 306 g/mol. The highest BCUT2D eigenvalue weighted by atomic mass is 16.5. The van der Waals surface area contributed by atoms with Gasteiger partial charge >= 0.3 is 0 Å². The van der Waals surface area contributed by atoms with E-state index < -0.39 is 0 Å². The summed E-state index contributed by atoms with van der Waals surface area (Å²) >= 11 is 0. The first-order valence-corrected chi connectivity index (χ1v) is 7.43. The monoisotopic (exact) mass is 323 g/mol. The molecule has 0 radical (unpaired) electrons. The molecule has 0 saturated heterocycles. The first kappa shape index (κ1) is 15.8. The summed E-state index contributed by atoms with van der Waals surface area (Å²) in [5, 5.41) is 15.4. The fourth-order valence-corrected chi connectivity index (χ4v) is 2.61. The Labute approximate surface area is 139 Å². The number of ether oxygens (including phenoxy) is 1. The number of benzene rings is 2. The highest BCUT2D eigenvalue weighted by Gasteiger charge is 2.27. The summed E-state index contributed by atoms with van der Waals surface area (Å²) in [5.74, 6) is -0.233. The maximum absolute atomic E-state index is 12.3. The fraction of sp³-hybridized carbons (Fsp3) is 0.111. The number of methoxy groups -OCH3 is 1. The van der Waals surface area contributed by atoms with Crippen LogP contribution in [0.1, 0.15) is 11.1 Å². The lowest BCUT2D eigenvalue weighted by Crippen LogP contribution is -2.97. The van der Waals surface area contributed by atoms with E-state index in [0.29, 0.717) is 11.1 Å². The molecule has 0 spiro atoms. The number of carbonyl (C=O) groups is 1. The van der Waals surface area contributed by atoms with Crippen LogP contribution in [0.3, 0.4) is 0 Å². The van der Waals surface area contributed by atoms with E-state index in [0.717, 1.165) is 16.2 Å².